The maximum absolute atomic E-state index is 9.15. The van der Waals surface area contributed by atoms with Crippen molar-refractivity contribution in [3.8, 4) is 0 Å². The summed E-state index contributed by atoms with van der Waals surface area (Å²) in [5, 5.41) is 12.8. The summed E-state index contributed by atoms with van der Waals surface area (Å²) in [5.74, 6) is 1.39. The fraction of sp³-hybridized carbons (Fsp3) is 0.917. The van der Waals surface area contributed by atoms with Gasteiger partial charge in [0.2, 0.25) is 0 Å². The van der Waals surface area contributed by atoms with E-state index in [0.29, 0.717) is 12.0 Å². The van der Waals surface area contributed by atoms with E-state index in [2.05, 4.69) is 10.1 Å². The second kappa shape index (κ2) is 3.78. The lowest BCUT2D eigenvalue weighted by Gasteiger charge is -2.37. The normalized spacial score (nSPS) is 44.0. The number of piperidine rings is 1. The molecule has 1 saturated heterocycles. The summed E-state index contributed by atoms with van der Waals surface area (Å²) < 4.78 is 0. The number of fused-ring (bicyclic) bond motifs is 2. The third-order valence-electron chi connectivity index (χ3n) is 4.54. The van der Waals surface area contributed by atoms with E-state index in [1.807, 2.05) is 0 Å². The van der Waals surface area contributed by atoms with E-state index in [4.69, 9.17) is 5.21 Å². The lowest BCUT2D eigenvalue weighted by atomic mass is 9.91. The van der Waals surface area contributed by atoms with Gasteiger partial charge in [-0.1, -0.05) is 11.6 Å². The van der Waals surface area contributed by atoms with Crippen LogP contribution in [0.25, 0.3) is 0 Å². The molecule has 3 aliphatic rings. The lowest BCUT2D eigenvalue weighted by Crippen LogP contribution is -2.47. The Balaban J connectivity index is 1.79. The Kier molecular flexibility index (Phi) is 2.43. The molecule has 0 spiro atoms. The van der Waals surface area contributed by atoms with Gasteiger partial charge in [0.25, 0.3) is 0 Å². The van der Waals surface area contributed by atoms with Gasteiger partial charge in [-0.3, -0.25) is 4.90 Å². The van der Waals surface area contributed by atoms with Gasteiger partial charge in [-0.05, 0) is 51.1 Å². The molecule has 0 radical (unpaired) electrons. The summed E-state index contributed by atoms with van der Waals surface area (Å²) >= 11 is 0. The summed E-state index contributed by atoms with van der Waals surface area (Å²) in [7, 11) is 0. The third kappa shape index (κ3) is 1.48. The van der Waals surface area contributed by atoms with Crippen molar-refractivity contribution in [2.45, 2.75) is 44.6 Å². The largest absolute Gasteiger partial charge is 0.411 e. The number of rotatable bonds is 1. The van der Waals surface area contributed by atoms with Gasteiger partial charge in [-0.25, -0.2) is 0 Å². The fourth-order valence-electron chi connectivity index (χ4n) is 3.88. The van der Waals surface area contributed by atoms with Crippen LogP contribution in [0.3, 0.4) is 0 Å². The molecule has 0 aromatic rings. The van der Waals surface area contributed by atoms with Crippen LogP contribution in [-0.2, 0) is 0 Å². The van der Waals surface area contributed by atoms with Crippen LogP contribution in [-0.4, -0.2) is 35.0 Å². The number of likely N-dealkylation sites (tertiary alicyclic amines) is 1. The predicted octanol–water partition coefficient (Wildman–Crippen LogP) is 2.10. The van der Waals surface area contributed by atoms with E-state index in [1.54, 1.807) is 0 Å². The van der Waals surface area contributed by atoms with Gasteiger partial charge >= 0.3 is 0 Å². The van der Waals surface area contributed by atoms with Crippen LogP contribution >= 0.6 is 0 Å². The van der Waals surface area contributed by atoms with Crippen molar-refractivity contribution in [3.05, 3.63) is 0 Å². The fourth-order valence-corrected chi connectivity index (χ4v) is 3.88. The average Bonchev–Trinajstić information content (AvgIpc) is 2.89. The Morgan fingerprint density at radius 3 is 2.67 bits per heavy atom. The molecule has 84 valence electrons. The van der Waals surface area contributed by atoms with Gasteiger partial charge in [0.05, 0.1) is 11.8 Å². The van der Waals surface area contributed by atoms with Crippen LogP contribution in [0.1, 0.15) is 38.5 Å². The van der Waals surface area contributed by atoms with E-state index in [-0.39, 0.29) is 0 Å². The number of oxime groups is 1. The number of hydrogen-bond acceptors (Lipinski definition) is 3. The predicted molar refractivity (Wildman–Crippen MR) is 59.3 cm³/mol. The molecule has 3 atom stereocenters. The Labute approximate surface area is 91.1 Å². The first-order valence-electron chi connectivity index (χ1n) is 6.36. The zero-order valence-electron chi connectivity index (χ0n) is 9.23. The minimum atomic E-state index is 0.494. The smallest absolute Gasteiger partial charge is 0.0775 e. The summed E-state index contributed by atoms with van der Waals surface area (Å²) in [5.41, 5.74) is 1.10. The Morgan fingerprint density at radius 1 is 1.13 bits per heavy atom. The van der Waals surface area contributed by atoms with Crippen LogP contribution < -0.4 is 0 Å². The van der Waals surface area contributed by atoms with E-state index in [9.17, 15) is 0 Å². The number of nitrogens with zero attached hydrogens (tertiary/aromatic N) is 2. The Morgan fingerprint density at radius 2 is 1.93 bits per heavy atom. The summed E-state index contributed by atoms with van der Waals surface area (Å²) in [6.45, 7) is 2.43. The standard InChI is InChI=1S/C12H20N2O/c15-13-11-9-4-5-10(8-9)12(11)14-6-2-1-3-7-14/h9-10,12,15H,1-8H2/b13-11+. The zero-order chi connectivity index (χ0) is 10.3. The van der Waals surface area contributed by atoms with Gasteiger partial charge in [0, 0.05) is 5.92 Å². The molecule has 0 amide bonds. The molecule has 1 N–H and O–H groups in total. The first kappa shape index (κ1) is 9.64. The molecule has 2 aliphatic carbocycles. The molecule has 0 aromatic carbocycles. The van der Waals surface area contributed by atoms with Crippen molar-refractivity contribution in [1.29, 1.82) is 0 Å². The van der Waals surface area contributed by atoms with Gasteiger partial charge in [-0.2, -0.15) is 0 Å². The maximum Gasteiger partial charge on any atom is 0.0775 e. The molecule has 1 aliphatic heterocycles. The van der Waals surface area contributed by atoms with E-state index in [0.717, 1.165) is 11.6 Å². The highest BCUT2D eigenvalue weighted by Crippen LogP contribution is 2.45. The molecule has 3 rings (SSSR count). The van der Waals surface area contributed by atoms with Crippen molar-refractivity contribution < 1.29 is 5.21 Å². The van der Waals surface area contributed by atoms with Gasteiger partial charge in [0.15, 0.2) is 0 Å². The van der Waals surface area contributed by atoms with E-state index < -0.39 is 0 Å². The van der Waals surface area contributed by atoms with Gasteiger partial charge in [-0.15, -0.1) is 0 Å². The second-order valence-electron chi connectivity index (χ2n) is 5.34. The highest BCUT2D eigenvalue weighted by atomic mass is 16.4. The van der Waals surface area contributed by atoms with Crippen LogP contribution in [0.5, 0.6) is 0 Å². The Bertz CT molecular complexity index is 271. The molecule has 1 heterocycles. The minimum absolute atomic E-state index is 0.494. The van der Waals surface area contributed by atoms with Crippen LogP contribution in [0.2, 0.25) is 0 Å². The highest BCUT2D eigenvalue weighted by Gasteiger charge is 2.47. The molecule has 2 bridgehead atoms. The summed E-state index contributed by atoms with van der Waals surface area (Å²) in [6.07, 6.45) is 7.92. The van der Waals surface area contributed by atoms with E-state index >= 15 is 0 Å². The average molecular weight is 208 g/mol. The monoisotopic (exact) mass is 208 g/mol. The van der Waals surface area contributed by atoms with Gasteiger partial charge < -0.3 is 5.21 Å². The van der Waals surface area contributed by atoms with Crippen LogP contribution in [0.15, 0.2) is 5.16 Å². The molecule has 3 unspecified atom stereocenters. The van der Waals surface area contributed by atoms with Crippen molar-refractivity contribution in [2.75, 3.05) is 13.1 Å². The Hall–Kier alpha value is -0.570. The van der Waals surface area contributed by atoms with Crippen molar-refractivity contribution in [3.63, 3.8) is 0 Å². The first-order chi connectivity index (χ1) is 7.40. The van der Waals surface area contributed by atoms with Crippen molar-refractivity contribution >= 4 is 5.71 Å². The molecule has 3 fully saturated rings. The molecule has 3 nitrogen and oxygen atoms in total. The SMILES string of the molecule is O/N=C1\C2CCC(C2)C1N1CCCCC1. The highest BCUT2D eigenvalue weighted by molar-refractivity contribution is 5.94. The van der Waals surface area contributed by atoms with Gasteiger partial charge in [0.1, 0.15) is 0 Å². The molecule has 0 aromatic heterocycles. The molecule has 3 heteroatoms. The molecule has 2 saturated carbocycles. The van der Waals surface area contributed by atoms with Crippen molar-refractivity contribution in [2.24, 2.45) is 17.0 Å². The molecular weight excluding hydrogens is 188 g/mol. The number of hydrogen-bond donors (Lipinski definition) is 1. The van der Waals surface area contributed by atoms with Crippen molar-refractivity contribution in [1.82, 2.24) is 4.90 Å². The zero-order valence-corrected chi connectivity index (χ0v) is 9.23. The first-order valence-corrected chi connectivity index (χ1v) is 6.36. The summed E-state index contributed by atoms with van der Waals surface area (Å²) in [4.78, 5) is 2.57. The summed E-state index contributed by atoms with van der Waals surface area (Å²) in [6, 6.07) is 0.494. The topological polar surface area (TPSA) is 35.8 Å². The third-order valence-corrected chi connectivity index (χ3v) is 4.54. The maximum atomic E-state index is 9.15. The minimum Gasteiger partial charge on any atom is -0.411 e. The van der Waals surface area contributed by atoms with Crippen LogP contribution in [0.4, 0.5) is 0 Å². The quantitative estimate of drug-likeness (QED) is 0.529. The molecular formula is C12H20N2O. The lowest BCUT2D eigenvalue weighted by molar-refractivity contribution is 0.162. The second-order valence-corrected chi connectivity index (χ2v) is 5.34. The molecule has 15 heavy (non-hydrogen) atoms. The van der Waals surface area contributed by atoms with Crippen LogP contribution in [0, 0.1) is 11.8 Å². The van der Waals surface area contributed by atoms with E-state index in [1.165, 1.54) is 51.6 Å².